The molecule has 1 saturated heterocycles. The van der Waals surface area contributed by atoms with Crippen LogP contribution in [0.1, 0.15) is 30.4 Å². The van der Waals surface area contributed by atoms with Gasteiger partial charge in [-0.25, -0.2) is 8.42 Å². The Balaban J connectivity index is 1.43. The van der Waals surface area contributed by atoms with Crippen molar-refractivity contribution >= 4 is 21.8 Å². The Morgan fingerprint density at radius 1 is 0.875 bits per heavy atom. The van der Waals surface area contributed by atoms with Gasteiger partial charge in [-0.15, -0.1) is 0 Å². The summed E-state index contributed by atoms with van der Waals surface area (Å²) in [4.78, 5) is 24.2. The molecular weight excluding hydrogens is 430 g/mol. The lowest BCUT2D eigenvalue weighted by Crippen LogP contribution is -2.40. The van der Waals surface area contributed by atoms with E-state index in [9.17, 15) is 18.0 Å². The van der Waals surface area contributed by atoms with Crippen LogP contribution in [0.3, 0.4) is 0 Å². The van der Waals surface area contributed by atoms with E-state index in [0.29, 0.717) is 19.5 Å². The third-order valence-electron chi connectivity index (χ3n) is 5.39. The number of carbonyl (C=O) groups excluding carboxylic acids is 2. The number of hydrogen-bond acceptors (Lipinski definition) is 5. The molecule has 1 heterocycles. The summed E-state index contributed by atoms with van der Waals surface area (Å²) in [5, 5.41) is 5.16. The van der Waals surface area contributed by atoms with Crippen molar-refractivity contribution < 1.29 is 22.7 Å². The summed E-state index contributed by atoms with van der Waals surface area (Å²) in [6.07, 6.45) is 3.34. The topological polar surface area (TPSA) is 105 Å². The second-order valence-corrected chi connectivity index (χ2v) is 9.58. The molecular formula is C23H29N3O5S. The zero-order valence-electron chi connectivity index (χ0n) is 18.2. The number of amides is 2. The van der Waals surface area contributed by atoms with Gasteiger partial charge in [0.15, 0.2) is 0 Å². The Kier molecular flexibility index (Phi) is 8.24. The lowest BCUT2D eigenvalue weighted by molar-refractivity contribution is -0.139. The SMILES string of the molecule is COc1ccc(CNC(=O)C(=O)NCCc2ccc(S(=O)(=O)N3CCCCC3)cc2)cc1. The average Bonchev–Trinajstić information content (AvgIpc) is 2.83. The Hall–Kier alpha value is -2.91. The molecule has 32 heavy (non-hydrogen) atoms. The van der Waals surface area contributed by atoms with E-state index in [-0.39, 0.29) is 18.0 Å². The first kappa shape index (κ1) is 23.7. The molecule has 9 heteroatoms. The van der Waals surface area contributed by atoms with Crippen molar-refractivity contribution in [3.05, 3.63) is 59.7 Å². The summed E-state index contributed by atoms with van der Waals surface area (Å²) in [5.41, 5.74) is 1.73. The fourth-order valence-electron chi connectivity index (χ4n) is 3.49. The fraction of sp³-hybridized carbons (Fsp3) is 0.391. The van der Waals surface area contributed by atoms with Crippen molar-refractivity contribution in [2.75, 3.05) is 26.7 Å². The minimum Gasteiger partial charge on any atom is -0.497 e. The summed E-state index contributed by atoms with van der Waals surface area (Å²) < 4.78 is 32.0. The molecule has 0 spiro atoms. The summed E-state index contributed by atoms with van der Waals surface area (Å²) in [5.74, 6) is -0.693. The van der Waals surface area contributed by atoms with E-state index in [2.05, 4.69) is 10.6 Å². The number of nitrogens with one attached hydrogen (secondary N) is 2. The lowest BCUT2D eigenvalue weighted by Gasteiger charge is -2.25. The van der Waals surface area contributed by atoms with Crippen LogP contribution in [0.4, 0.5) is 0 Å². The number of piperidine rings is 1. The number of nitrogens with zero attached hydrogens (tertiary/aromatic N) is 1. The number of hydrogen-bond donors (Lipinski definition) is 2. The maximum atomic E-state index is 12.7. The molecule has 0 saturated carbocycles. The van der Waals surface area contributed by atoms with Crippen LogP contribution < -0.4 is 15.4 Å². The molecule has 2 aromatic carbocycles. The number of carbonyl (C=O) groups is 2. The van der Waals surface area contributed by atoms with Gasteiger partial charge < -0.3 is 15.4 Å². The summed E-state index contributed by atoms with van der Waals surface area (Å²) in [6, 6.07) is 13.9. The first-order valence-corrected chi connectivity index (χ1v) is 12.1. The molecule has 0 unspecified atom stereocenters. The third kappa shape index (κ3) is 6.30. The number of rotatable bonds is 8. The Bertz CT molecular complexity index is 1010. The first-order chi connectivity index (χ1) is 15.4. The van der Waals surface area contributed by atoms with Crippen LogP contribution >= 0.6 is 0 Å². The van der Waals surface area contributed by atoms with Crippen molar-refractivity contribution in [2.24, 2.45) is 0 Å². The van der Waals surface area contributed by atoms with E-state index in [1.54, 1.807) is 43.5 Å². The van der Waals surface area contributed by atoms with Crippen LogP contribution in [-0.4, -0.2) is 51.3 Å². The van der Waals surface area contributed by atoms with Gasteiger partial charge in [-0.05, 0) is 54.7 Å². The molecule has 0 aromatic heterocycles. The van der Waals surface area contributed by atoms with E-state index < -0.39 is 21.8 Å². The van der Waals surface area contributed by atoms with E-state index >= 15 is 0 Å². The molecule has 8 nitrogen and oxygen atoms in total. The zero-order chi connectivity index (χ0) is 23.0. The molecule has 2 aromatic rings. The van der Waals surface area contributed by atoms with Crippen LogP contribution in [0.25, 0.3) is 0 Å². The Morgan fingerprint density at radius 3 is 2.09 bits per heavy atom. The standard InChI is InChI=1S/C23H29N3O5S/c1-31-20-9-5-19(6-10-20)17-25-23(28)22(27)24-14-13-18-7-11-21(12-8-18)32(29,30)26-15-3-2-4-16-26/h5-12H,2-4,13-17H2,1H3,(H,24,27)(H,25,28). The predicted molar refractivity (Wildman–Crippen MR) is 121 cm³/mol. The van der Waals surface area contributed by atoms with Gasteiger partial charge in [-0.1, -0.05) is 30.7 Å². The van der Waals surface area contributed by atoms with E-state index in [0.717, 1.165) is 36.1 Å². The maximum absolute atomic E-state index is 12.7. The summed E-state index contributed by atoms with van der Waals surface area (Å²) >= 11 is 0. The predicted octanol–water partition coefficient (Wildman–Crippen LogP) is 1.84. The first-order valence-electron chi connectivity index (χ1n) is 10.7. The van der Waals surface area contributed by atoms with Crippen molar-refractivity contribution in [3.8, 4) is 5.75 Å². The van der Waals surface area contributed by atoms with Gasteiger partial charge in [0, 0.05) is 26.2 Å². The van der Waals surface area contributed by atoms with Crippen molar-refractivity contribution in [1.82, 2.24) is 14.9 Å². The molecule has 3 rings (SSSR count). The lowest BCUT2D eigenvalue weighted by atomic mass is 10.1. The highest BCUT2D eigenvalue weighted by Crippen LogP contribution is 2.21. The molecule has 2 amide bonds. The largest absolute Gasteiger partial charge is 0.497 e. The third-order valence-corrected chi connectivity index (χ3v) is 7.31. The molecule has 172 valence electrons. The highest BCUT2D eigenvalue weighted by Gasteiger charge is 2.25. The highest BCUT2D eigenvalue weighted by atomic mass is 32.2. The zero-order valence-corrected chi connectivity index (χ0v) is 19.0. The van der Waals surface area contributed by atoms with Crippen LogP contribution in [0.5, 0.6) is 5.75 Å². The number of ether oxygens (including phenoxy) is 1. The number of benzene rings is 2. The monoisotopic (exact) mass is 459 g/mol. The summed E-state index contributed by atoms with van der Waals surface area (Å²) in [6.45, 7) is 1.64. The minimum atomic E-state index is -3.45. The van der Waals surface area contributed by atoms with Crippen LogP contribution in [0.2, 0.25) is 0 Å². The average molecular weight is 460 g/mol. The quantitative estimate of drug-likeness (QED) is 0.586. The van der Waals surface area contributed by atoms with Crippen LogP contribution in [-0.2, 0) is 32.6 Å². The van der Waals surface area contributed by atoms with E-state index in [1.807, 2.05) is 12.1 Å². The van der Waals surface area contributed by atoms with Crippen LogP contribution in [0.15, 0.2) is 53.4 Å². The van der Waals surface area contributed by atoms with Gasteiger partial charge in [-0.2, -0.15) is 4.31 Å². The van der Waals surface area contributed by atoms with Gasteiger partial charge in [0.2, 0.25) is 10.0 Å². The molecule has 1 aliphatic heterocycles. The summed E-state index contributed by atoms with van der Waals surface area (Å²) in [7, 11) is -1.88. The van der Waals surface area contributed by atoms with E-state index in [1.165, 1.54) is 4.31 Å². The second-order valence-electron chi connectivity index (χ2n) is 7.65. The van der Waals surface area contributed by atoms with Crippen molar-refractivity contribution in [2.45, 2.75) is 37.1 Å². The molecule has 1 aliphatic rings. The maximum Gasteiger partial charge on any atom is 0.309 e. The number of methoxy groups -OCH3 is 1. The van der Waals surface area contributed by atoms with Crippen molar-refractivity contribution in [1.29, 1.82) is 0 Å². The minimum absolute atomic E-state index is 0.239. The van der Waals surface area contributed by atoms with E-state index in [4.69, 9.17) is 4.74 Å². The molecule has 0 atom stereocenters. The Morgan fingerprint density at radius 2 is 1.47 bits per heavy atom. The highest BCUT2D eigenvalue weighted by molar-refractivity contribution is 7.89. The smallest absolute Gasteiger partial charge is 0.309 e. The Labute approximate surface area is 189 Å². The normalized spacial score (nSPS) is 14.5. The fourth-order valence-corrected chi connectivity index (χ4v) is 5.01. The van der Waals surface area contributed by atoms with Crippen LogP contribution in [0, 0.1) is 0 Å². The van der Waals surface area contributed by atoms with Gasteiger partial charge in [0.1, 0.15) is 5.75 Å². The molecule has 1 fully saturated rings. The van der Waals surface area contributed by atoms with Gasteiger partial charge in [0.25, 0.3) is 0 Å². The van der Waals surface area contributed by atoms with Gasteiger partial charge >= 0.3 is 11.8 Å². The second kappa shape index (κ2) is 11.1. The molecule has 0 bridgehead atoms. The number of sulfonamides is 1. The van der Waals surface area contributed by atoms with Crippen molar-refractivity contribution in [3.63, 3.8) is 0 Å². The van der Waals surface area contributed by atoms with Gasteiger partial charge in [0.05, 0.1) is 12.0 Å². The molecule has 0 radical (unpaired) electrons. The molecule has 2 N–H and O–H groups in total. The van der Waals surface area contributed by atoms with Gasteiger partial charge in [-0.3, -0.25) is 9.59 Å². The molecule has 0 aliphatic carbocycles.